The van der Waals surface area contributed by atoms with Gasteiger partial charge in [0.1, 0.15) is 5.82 Å². The number of pyridine rings is 1. The van der Waals surface area contributed by atoms with Gasteiger partial charge in [-0.2, -0.15) is 0 Å². The van der Waals surface area contributed by atoms with E-state index in [2.05, 4.69) is 15.2 Å². The van der Waals surface area contributed by atoms with Crippen LogP contribution in [0.15, 0.2) is 42.6 Å². The lowest BCUT2D eigenvalue weighted by molar-refractivity contribution is -0.120. The van der Waals surface area contributed by atoms with E-state index in [1.807, 2.05) is 38.1 Å². The predicted molar refractivity (Wildman–Crippen MR) is 100 cm³/mol. The summed E-state index contributed by atoms with van der Waals surface area (Å²) in [4.78, 5) is 19.3. The molecule has 1 saturated heterocycles. The van der Waals surface area contributed by atoms with Crippen molar-refractivity contribution in [2.45, 2.75) is 19.3 Å². The monoisotopic (exact) mass is 359 g/mol. The summed E-state index contributed by atoms with van der Waals surface area (Å²) in [7, 11) is 0. The number of nitrogens with zero attached hydrogens (tertiary/aromatic N) is 2. The fourth-order valence-electron chi connectivity index (χ4n) is 2.72. The average Bonchev–Trinajstić information content (AvgIpc) is 2.63. The lowest BCUT2D eigenvalue weighted by atomic mass is 9.83. The van der Waals surface area contributed by atoms with Crippen LogP contribution in [0.4, 0.5) is 11.5 Å². The van der Waals surface area contributed by atoms with E-state index in [4.69, 9.17) is 16.3 Å². The van der Waals surface area contributed by atoms with Crippen LogP contribution >= 0.6 is 11.6 Å². The molecular formula is C19H22ClN3O2. The zero-order valence-corrected chi connectivity index (χ0v) is 15.2. The molecule has 2 aromatic rings. The van der Waals surface area contributed by atoms with Gasteiger partial charge in [0.25, 0.3) is 0 Å². The largest absolute Gasteiger partial charge is 0.378 e. The number of morpholine rings is 1. The molecule has 2 heterocycles. The number of hydrogen-bond acceptors (Lipinski definition) is 4. The van der Waals surface area contributed by atoms with Gasteiger partial charge in [-0.15, -0.1) is 0 Å². The summed E-state index contributed by atoms with van der Waals surface area (Å²) >= 11 is 5.93. The molecule has 1 aliphatic rings. The molecule has 0 bridgehead atoms. The van der Waals surface area contributed by atoms with Crippen LogP contribution in [0.5, 0.6) is 0 Å². The Morgan fingerprint density at radius 2 is 1.84 bits per heavy atom. The quantitative estimate of drug-likeness (QED) is 0.907. The highest BCUT2D eigenvalue weighted by atomic mass is 35.5. The standard InChI is InChI=1S/C19H22ClN3O2/c1-19(2,14-3-5-15(20)6-4-14)18(24)22-16-7-8-17(21-13-16)23-9-11-25-12-10-23/h3-8,13H,9-12H2,1-2H3,(H,22,24). The number of aromatic nitrogens is 1. The number of hydrogen-bond donors (Lipinski definition) is 1. The fourth-order valence-corrected chi connectivity index (χ4v) is 2.85. The van der Waals surface area contributed by atoms with E-state index in [-0.39, 0.29) is 5.91 Å². The van der Waals surface area contributed by atoms with Crippen LogP contribution in [0.3, 0.4) is 0 Å². The van der Waals surface area contributed by atoms with Crippen molar-refractivity contribution in [2.24, 2.45) is 0 Å². The van der Waals surface area contributed by atoms with Crippen molar-refractivity contribution in [3.8, 4) is 0 Å². The lowest BCUT2D eigenvalue weighted by Crippen LogP contribution is -2.37. The topological polar surface area (TPSA) is 54.5 Å². The number of rotatable bonds is 4. The summed E-state index contributed by atoms with van der Waals surface area (Å²) in [6.45, 7) is 6.89. The molecular weight excluding hydrogens is 338 g/mol. The van der Waals surface area contributed by atoms with Crippen molar-refractivity contribution in [3.63, 3.8) is 0 Å². The third-order valence-corrected chi connectivity index (χ3v) is 4.73. The molecule has 1 aliphatic heterocycles. The Bertz CT molecular complexity index is 723. The molecule has 5 nitrogen and oxygen atoms in total. The van der Waals surface area contributed by atoms with Gasteiger partial charge in [-0.05, 0) is 43.7 Å². The van der Waals surface area contributed by atoms with E-state index < -0.39 is 5.41 Å². The van der Waals surface area contributed by atoms with E-state index >= 15 is 0 Å². The Labute approximate surface area is 153 Å². The molecule has 0 radical (unpaired) electrons. The first-order valence-electron chi connectivity index (χ1n) is 8.33. The van der Waals surface area contributed by atoms with Gasteiger partial charge < -0.3 is 15.0 Å². The minimum absolute atomic E-state index is 0.0873. The summed E-state index contributed by atoms with van der Waals surface area (Å²) in [6, 6.07) is 11.2. The number of ether oxygens (including phenoxy) is 1. The van der Waals surface area contributed by atoms with Gasteiger partial charge in [-0.25, -0.2) is 4.98 Å². The number of carbonyl (C=O) groups is 1. The highest BCUT2D eigenvalue weighted by Crippen LogP contribution is 2.26. The van der Waals surface area contributed by atoms with Crippen molar-refractivity contribution < 1.29 is 9.53 Å². The number of nitrogens with one attached hydrogen (secondary N) is 1. The number of benzene rings is 1. The normalized spacial score (nSPS) is 15.1. The second-order valence-corrected chi connectivity index (χ2v) is 7.03. The van der Waals surface area contributed by atoms with Crippen LogP contribution in [-0.4, -0.2) is 37.2 Å². The molecule has 25 heavy (non-hydrogen) atoms. The van der Waals surface area contributed by atoms with Crippen LogP contribution in [-0.2, 0) is 14.9 Å². The molecule has 1 aromatic heterocycles. The zero-order valence-electron chi connectivity index (χ0n) is 14.5. The third kappa shape index (κ3) is 4.11. The van der Waals surface area contributed by atoms with Crippen molar-refractivity contribution in [1.29, 1.82) is 0 Å². The Morgan fingerprint density at radius 1 is 1.16 bits per heavy atom. The number of halogens is 1. The second kappa shape index (κ2) is 7.42. The predicted octanol–water partition coefficient (Wildman–Crippen LogP) is 3.49. The molecule has 1 fully saturated rings. The van der Waals surface area contributed by atoms with Crippen molar-refractivity contribution >= 4 is 29.0 Å². The van der Waals surface area contributed by atoms with Gasteiger partial charge in [0.05, 0.1) is 30.5 Å². The molecule has 0 aliphatic carbocycles. The van der Waals surface area contributed by atoms with Gasteiger partial charge in [-0.3, -0.25) is 4.79 Å². The Kier molecular flexibility index (Phi) is 5.25. The smallest absolute Gasteiger partial charge is 0.234 e. The van der Waals surface area contributed by atoms with Gasteiger partial charge in [-0.1, -0.05) is 23.7 Å². The average molecular weight is 360 g/mol. The molecule has 1 aromatic carbocycles. The number of anilines is 2. The van der Waals surface area contributed by atoms with E-state index in [1.54, 1.807) is 18.3 Å². The number of amides is 1. The summed E-state index contributed by atoms with van der Waals surface area (Å²) in [5.74, 6) is 0.814. The Balaban J connectivity index is 1.68. The maximum absolute atomic E-state index is 12.7. The first-order chi connectivity index (χ1) is 12.0. The van der Waals surface area contributed by atoms with E-state index in [0.717, 1.165) is 37.7 Å². The summed E-state index contributed by atoms with van der Waals surface area (Å²) < 4.78 is 5.35. The Hall–Kier alpha value is -2.11. The zero-order chi connectivity index (χ0) is 17.9. The number of carbonyl (C=O) groups excluding carboxylic acids is 1. The molecule has 132 valence electrons. The minimum atomic E-state index is -0.673. The van der Waals surface area contributed by atoms with E-state index in [9.17, 15) is 4.79 Å². The first kappa shape index (κ1) is 17.7. The SMILES string of the molecule is CC(C)(C(=O)Nc1ccc(N2CCOCC2)nc1)c1ccc(Cl)cc1. The summed E-state index contributed by atoms with van der Waals surface area (Å²) in [6.07, 6.45) is 1.70. The minimum Gasteiger partial charge on any atom is -0.378 e. The second-order valence-electron chi connectivity index (χ2n) is 6.59. The van der Waals surface area contributed by atoms with Crippen molar-refractivity contribution in [1.82, 2.24) is 4.98 Å². The van der Waals surface area contributed by atoms with Crippen LogP contribution < -0.4 is 10.2 Å². The van der Waals surface area contributed by atoms with Gasteiger partial charge >= 0.3 is 0 Å². The van der Waals surface area contributed by atoms with Gasteiger partial charge in [0, 0.05) is 18.1 Å². The Morgan fingerprint density at radius 3 is 2.44 bits per heavy atom. The fraction of sp³-hybridized carbons (Fsp3) is 0.368. The summed E-state index contributed by atoms with van der Waals surface area (Å²) in [5.41, 5.74) is 0.921. The molecule has 0 spiro atoms. The maximum Gasteiger partial charge on any atom is 0.234 e. The van der Waals surface area contributed by atoms with Crippen LogP contribution in [0, 0.1) is 0 Å². The van der Waals surface area contributed by atoms with Crippen molar-refractivity contribution in [3.05, 3.63) is 53.2 Å². The first-order valence-corrected chi connectivity index (χ1v) is 8.71. The molecule has 0 unspecified atom stereocenters. The van der Waals surface area contributed by atoms with Gasteiger partial charge in [0.15, 0.2) is 0 Å². The third-order valence-electron chi connectivity index (χ3n) is 4.47. The highest BCUT2D eigenvalue weighted by Gasteiger charge is 2.29. The molecule has 3 rings (SSSR count). The van der Waals surface area contributed by atoms with Crippen LogP contribution in [0.2, 0.25) is 5.02 Å². The van der Waals surface area contributed by atoms with Crippen molar-refractivity contribution in [2.75, 3.05) is 36.5 Å². The van der Waals surface area contributed by atoms with Crippen LogP contribution in [0.1, 0.15) is 19.4 Å². The lowest BCUT2D eigenvalue weighted by Gasteiger charge is -2.28. The molecule has 1 N–H and O–H groups in total. The molecule has 0 saturated carbocycles. The highest BCUT2D eigenvalue weighted by molar-refractivity contribution is 6.30. The summed E-state index contributed by atoms with van der Waals surface area (Å²) in [5, 5.41) is 3.60. The van der Waals surface area contributed by atoms with E-state index in [1.165, 1.54) is 0 Å². The van der Waals surface area contributed by atoms with Gasteiger partial charge in [0.2, 0.25) is 5.91 Å². The molecule has 1 amide bonds. The van der Waals surface area contributed by atoms with E-state index in [0.29, 0.717) is 10.7 Å². The molecule has 0 atom stereocenters. The molecule has 6 heteroatoms. The maximum atomic E-state index is 12.7. The van der Waals surface area contributed by atoms with Crippen LogP contribution in [0.25, 0.3) is 0 Å².